The van der Waals surface area contributed by atoms with Crippen molar-refractivity contribution in [2.45, 2.75) is 45.1 Å². The van der Waals surface area contributed by atoms with Crippen molar-refractivity contribution in [3.8, 4) is 22.1 Å². The highest BCUT2D eigenvalue weighted by molar-refractivity contribution is 7.14. The Hall–Kier alpha value is -2.38. The van der Waals surface area contributed by atoms with Crippen molar-refractivity contribution in [1.82, 2.24) is 4.68 Å². The number of phenolic OH excluding ortho intramolecular Hbond substituents is 1. The minimum absolute atomic E-state index is 0.138. The fourth-order valence-electron chi connectivity index (χ4n) is 3.47. The summed E-state index contributed by atoms with van der Waals surface area (Å²) in [5.41, 5.74) is 1.92. The first-order valence-electron chi connectivity index (χ1n) is 10.0. The predicted octanol–water partition coefficient (Wildman–Crippen LogP) is 5.50. The number of ether oxygens (including phenoxy) is 1. The molecule has 7 heteroatoms. The first-order chi connectivity index (χ1) is 14.2. The van der Waals surface area contributed by atoms with Gasteiger partial charge >= 0.3 is 0 Å². The molecule has 0 spiro atoms. The van der Waals surface area contributed by atoms with Crippen molar-refractivity contribution < 1.29 is 9.84 Å². The summed E-state index contributed by atoms with van der Waals surface area (Å²) in [7, 11) is 0. The largest absolute Gasteiger partial charge is 0.504 e. The van der Waals surface area contributed by atoms with Gasteiger partial charge < -0.3 is 9.84 Å². The zero-order valence-corrected chi connectivity index (χ0v) is 18.1. The predicted molar refractivity (Wildman–Crippen MR) is 120 cm³/mol. The standard InChI is InChI=1S/C22H25N3O2S2/c1-2-27-20-13-16(10-11-19(20)26)14-23-25-18(21-9-6-12-28-21)15-29-22(25)24-17-7-4-3-5-8-17/h6,9-15,17,26H,2-5,7-8H2,1H3. The summed E-state index contributed by atoms with van der Waals surface area (Å²) in [6.45, 7) is 2.40. The van der Waals surface area contributed by atoms with Crippen LogP contribution in [0.1, 0.15) is 44.6 Å². The highest BCUT2D eigenvalue weighted by Crippen LogP contribution is 2.27. The van der Waals surface area contributed by atoms with E-state index in [9.17, 15) is 5.11 Å². The maximum absolute atomic E-state index is 9.93. The number of phenols is 1. The minimum atomic E-state index is 0.138. The van der Waals surface area contributed by atoms with Gasteiger partial charge in [-0.1, -0.05) is 25.3 Å². The zero-order chi connectivity index (χ0) is 20.1. The van der Waals surface area contributed by atoms with Crippen LogP contribution in [0.2, 0.25) is 0 Å². The van der Waals surface area contributed by atoms with Crippen molar-refractivity contribution in [2.75, 3.05) is 6.61 Å². The van der Waals surface area contributed by atoms with Crippen LogP contribution in [0.5, 0.6) is 11.5 Å². The van der Waals surface area contributed by atoms with Gasteiger partial charge in [0.15, 0.2) is 11.5 Å². The second-order valence-corrected chi connectivity index (χ2v) is 8.80. The molecule has 29 heavy (non-hydrogen) atoms. The van der Waals surface area contributed by atoms with Gasteiger partial charge in [0.1, 0.15) is 0 Å². The molecule has 3 aromatic rings. The topological polar surface area (TPSA) is 59.1 Å². The van der Waals surface area contributed by atoms with E-state index in [0.29, 0.717) is 18.4 Å². The Morgan fingerprint density at radius 1 is 1.21 bits per heavy atom. The lowest BCUT2D eigenvalue weighted by Gasteiger charge is -2.16. The molecular weight excluding hydrogens is 402 g/mol. The molecule has 1 fully saturated rings. The van der Waals surface area contributed by atoms with E-state index in [2.05, 4.69) is 22.9 Å². The highest BCUT2D eigenvalue weighted by Gasteiger charge is 2.14. The number of hydrogen-bond donors (Lipinski definition) is 1. The third-order valence-electron chi connectivity index (χ3n) is 4.93. The minimum Gasteiger partial charge on any atom is -0.504 e. The first-order valence-corrected chi connectivity index (χ1v) is 11.8. The van der Waals surface area contributed by atoms with Gasteiger partial charge in [-0.2, -0.15) is 5.10 Å². The Kier molecular flexibility index (Phi) is 6.46. The molecule has 0 saturated heterocycles. The lowest BCUT2D eigenvalue weighted by Crippen LogP contribution is -2.18. The van der Waals surface area contributed by atoms with Gasteiger partial charge in [-0.3, -0.25) is 4.99 Å². The van der Waals surface area contributed by atoms with Crippen LogP contribution >= 0.6 is 22.7 Å². The number of thiophene rings is 1. The number of hydrogen-bond acceptors (Lipinski definition) is 6. The Balaban J connectivity index is 1.71. The van der Waals surface area contributed by atoms with E-state index in [4.69, 9.17) is 14.8 Å². The average Bonchev–Trinajstić information content (AvgIpc) is 3.39. The molecule has 1 aromatic carbocycles. The summed E-state index contributed by atoms with van der Waals surface area (Å²) in [5.74, 6) is 0.608. The summed E-state index contributed by atoms with van der Waals surface area (Å²) >= 11 is 3.34. The van der Waals surface area contributed by atoms with Crippen molar-refractivity contribution in [2.24, 2.45) is 10.1 Å². The van der Waals surface area contributed by atoms with Gasteiger partial charge in [0.2, 0.25) is 4.80 Å². The molecule has 2 heterocycles. The van der Waals surface area contributed by atoms with Crippen molar-refractivity contribution >= 4 is 28.9 Å². The van der Waals surface area contributed by atoms with Crippen LogP contribution in [0.15, 0.2) is 51.2 Å². The van der Waals surface area contributed by atoms with Crippen molar-refractivity contribution in [3.63, 3.8) is 0 Å². The van der Waals surface area contributed by atoms with E-state index in [-0.39, 0.29) is 5.75 Å². The molecule has 0 radical (unpaired) electrons. The molecule has 4 rings (SSSR count). The second kappa shape index (κ2) is 9.41. The van der Waals surface area contributed by atoms with E-state index >= 15 is 0 Å². The fraction of sp³-hybridized carbons (Fsp3) is 0.364. The molecule has 1 N–H and O–H groups in total. The zero-order valence-electron chi connectivity index (χ0n) is 16.5. The average molecular weight is 428 g/mol. The Morgan fingerprint density at radius 3 is 2.83 bits per heavy atom. The molecule has 0 aliphatic heterocycles. The van der Waals surface area contributed by atoms with Crippen molar-refractivity contribution in [3.05, 3.63) is 51.5 Å². The quantitative estimate of drug-likeness (QED) is 0.528. The molecule has 0 amide bonds. The van der Waals surface area contributed by atoms with Gasteiger partial charge in [-0.05, 0) is 55.0 Å². The summed E-state index contributed by atoms with van der Waals surface area (Å²) in [6, 6.07) is 9.82. The summed E-state index contributed by atoms with van der Waals surface area (Å²) < 4.78 is 7.43. The van der Waals surface area contributed by atoms with Crippen LogP contribution in [0.3, 0.4) is 0 Å². The van der Waals surface area contributed by atoms with Gasteiger partial charge in [0, 0.05) is 5.38 Å². The molecule has 152 valence electrons. The van der Waals surface area contributed by atoms with Crippen LogP contribution in [0.25, 0.3) is 10.6 Å². The number of nitrogens with zero attached hydrogens (tertiary/aromatic N) is 3. The molecule has 5 nitrogen and oxygen atoms in total. The van der Waals surface area contributed by atoms with E-state index < -0.39 is 0 Å². The molecule has 0 atom stereocenters. The van der Waals surface area contributed by atoms with Crippen LogP contribution in [0.4, 0.5) is 0 Å². The normalized spacial score (nSPS) is 16.0. The number of rotatable bonds is 6. The van der Waals surface area contributed by atoms with Crippen molar-refractivity contribution in [1.29, 1.82) is 0 Å². The lowest BCUT2D eigenvalue weighted by atomic mass is 9.96. The molecular formula is C22H25N3O2S2. The Morgan fingerprint density at radius 2 is 2.07 bits per heavy atom. The number of aromatic hydroxyl groups is 1. The van der Waals surface area contributed by atoms with E-state index in [1.54, 1.807) is 41.0 Å². The van der Waals surface area contributed by atoms with E-state index in [0.717, 1.165) is 28.9 Å². The van der Waals surface area contributed by atoms with Gasteiger partial charge in [-0.25, -0.2) is 4.68 Å². The SMILES string of the molecule is CCOc1cc(C=Nn2c(-c3cccs3)csc2=NC2CCCCC2)ccc1O. The fourth-order valence-corrected chi connectivity index (χ4v) is 5.17. The van der Waals surface area contributed by atoms with Crippen LogP contribution in [-0.2, 0) is 0 Å². The first kappa shape index (κ1) is 19.9. The van der Waals surface area contributed by atoms with Crippen LogP contribution < -0.4 is 9.54 Å². The number of thiazole rings is 1. The maximum Gasteiger partial charge on any atom is 0.206 e. The Labute approximate surface area is 178 Å². The van der Waals surface area contributed by atoms with Crippen LogP contribution in [0, 0.1) is 0 Å². The third-order valence-corrected chi connectivity index (χ3v) is 6.66. The van der Waals surface area contributed by atoms with E-state index in [1.165, 1.54) is 24.1 Å². The molecule has 0 unspecified atom stereocenters. The number of benzene rings is 1. The van der Waals surface area contributed by atoms with E-state index in [1.807, 2.05) is 17.7 Å². The van der Waals surface area contributed by atoms with Gasteiger partial charge in [-0.15, -0.1) is 22.7 Å². The highest BCUT2D eigenvalue weighted by atomic mass is 32.1. The second-order valence-electron chi connectivity index (χ2n) is 7.02. The molecule has 1 aliphatic carbocycles. The lowest BCUT2D eigenvalue weighted by molar-refractivity contribution is 0.318. The molecule has 1 aliphatic rings. The van der Waals surface area contributed by atoms with Gasteiger partial charge in [0.25, 0.3) is 0 Å². The Bertz CT molecular complexity index is 1030. The maximum atomic E-state index is 9.93. The number of aromatic nitrogens is 1. The summed E-state index contributed by atoms with van der Waals surface area (Å²) in [5, 5.41) is 18.9. The summed E-state index contributed by atoms with van der Waals surface area (Å²) in [4.78, 5) is 7.13. The smallest absolute Gasteiger partial charge is 0.206 e. The molecule has 2 aromatic heterocycles. The summed E-state index contributed by atoms with van der Waals surface area (Å²) in [6.07, 6.45) is 7.95. The monoisotopic (exact) mass is 427 g/mol. The molecule has 0 bridgehead atoms. The third kappa shape index (κ3) is 4.79. The van der Waals surface area contributed by atoms with Crippen LogP contribution in [-0.4, -0.2) is 28.6 Å². The molecule has 1 saturated carbocycles. The van der Waals surface area contributed by atoms with Gasteiger partial charge in [0.05, 0.1) is 29.4 Å².